The fourth-order valence-electron chi connectivity index (χ4n) is 4.40. The van der Waals surface area contributed by atoms with E-state index >= 15 is 0 Å². The predicted octanol–water partition coefficient (Wildman–Crippen LogP) is 6.04. The third-order valence-electron chi connectivity index (χ3n) is 6.14. The van der Waals surface area contributed by atoms with Gasteiger partial charge in [0.2, 0.25) is 5.91 Å². The number of hydrogen-bond donors (Lipinski definition) is 2. The number of amides is 1. The Bertz CT molecular complexity index is 1280. The van der Waals surface area contributed by atoms with E-state index in [2.05, 4.69) is 23.3 Å². The van der Waals surface area contributed by atoms with E-state index in [4.69, 9.17) is 0 Å². The number of aryl methyl sites for hydroxylation is 1. The van der Waals surface area contributed by atoms with Gasteiger partial charge in [-0.25, -0.2) is 0 Å². The highest BCUT2D eigenvalue weighted by atomic mass is 16.6. The molecule has 6 nitrogen and oxygen atoms in total. The van der Waals surface area contributed by atoms with Crippen LogP contribution in [0, 0.1) is 10.1 Å². The van der Waals surface area contributed by atoms with E-state index in [1.807, 2.05) is 61.7 Å². The normalized spacial score (nSPS) is 12.9. The van der Waals surface area contributed by atoms with E-state index in [-0.39, 0.29) is 30.0 Å². The SMILES string of the molecule is CCc1cccc2c([C@@H](CC(=O)N[C@@H](C)c3ccccc3)c3cccc([N+](=O)[O-])c3)c[nH]c12. The molecule has 0 radical (unpaired) electrons. The number of hydrogen-bond acceptors (Lipinski definition) is 3. The van der Waals surface area contributed by atoms with Crippen molar-refractivity contribution in [2.24, 2.45) is 0 Å². The van der Waals surface area contributed by atoms with Crippen molar-refractivity contribution in [2.75, 3.05) is 0 Å². The molecule has 0 fully saturated rings. The third kappa shape index (κ3) is 4.80. The van der Waals surface area contributed by atoms with Gasteiger partial charge in [-0.2, -0.15) is 0 Å². The van der Waals surface area contributed by atoms with Crippen molar-refractivity contribution in [3.05, 3.63) is 111 Å². The second-order valence-corrected chi connectivity index (χ2v) is 8.25. The summed E-state index contributed by atoms with van der Waals surface area (Å²) in [7, 11) is 0. The molecule has 0 aliphatic carbocycles. The first-order valence-electron chi connectivity index (χ1n) is 11.2. The minimum atomic E-state index is -0.400. The van der Waals surface area contributed by atoms with Crippen LogP contribution >= 0.6 is 0 Å². The van der Waals surface area contributed by atoms with E-state index in [1.54, 1.807) is 12.1 Å². The van der Waals surface area contributed by atoms with Crippen LogP contribution in [0.4, 0.5) is 5.69 Å². The van der Waals surface area contributed by atoms with Gasteiger partial charge in [-0.1, -0.05) is 67.6 Å². The van der Waals surface area contributed by atoms with Crippen LogP contribution in [0.3, 0.4) is 0 Å². The number of nitro groups is 1. The van der Waals surface area contributed by atoms with E-state index in [9.17, 15) is 14.9 Å². The Hall–Kier alpha value is -3.93. The van der Waals surface area contributed by atoms with Crippen molar-refractivity contribution in [1.82, 2.24) is 10.3 Å². The first-order valence-corrected chi connectivity index (χ1v) is 11.2. The Morgan fingerprint density at radius 1 is 1.03 bits per heavy atom. The standard InChI is InChI=1S/C27H27N3O3/c1-3-19-11-8-14-23-25(17-28-27(19)23)24(21-12-7-13-22(15-21)30(32)33)16-26(31)29-18(2)20-9-5-4-6-10-20/h4-15,17-18,24,28H,3,16H2,1-2H3,(H,29,31)/t18-,24-/m0/s1. The van der Waals surface area contributed by atoms with Crippen molar-refractivity contribution in [3.63, 3.8) is 0 Å². The van der Waals surface area contributed by atoms with Gasteiger partial charge in [-0.3, -0.25) is 14.9 Å². The zero-order chi connectivity index (χ0) is 23.4. The zero-order valence-electron chi connectivity index (χ0n) is 18.7. The number of H-pyrrole nitrogens is 1. The number of aromatic amines is 1. The van der Waals surface area contributed by atoms with Crippen LogP contribution in [0.15, 0.2) is 79.0 Å². The molecule has 168 valence electrons. The molecule has 1 aromatic heterocycles. The Morgan fingerprint density at radius 3 is 2.48 bits per heavy atom. The lowest BCUT2D eigenvalue weighted by molar-refractivity contribution is -0.384. The number of aromatic nitrogens is 1. The van der Waals surface area contributed by atoms with Gasteiger partial charge in [0.05, 0.1) is 11.0 Å². The minimum Gasteiger partial charge on any atom is -0.361 e. The van der Waals surface area contributed by atoms with Crippen LogP contribution in [0.5, 0.6) is 0 Å². The average Bonchev–Trinajstić information content (AvgIpc) is 3.27. The van der Waals surface area contributed by atoms with Crippen LogP contribution in [0.1, 0.15) is 54.5 Å². The number of nitrogens with one attached hydrogen (secondary N) is 2. The quantitative estimate of drug-likeness (QED) is 0.258. The highest BCUT2D eigenvalue weighted by molar-refractivity contribution is 5.88. The molecule has 0 saturated heterocycles. The summed E-state index contributed by atoms with van der Waals surface area (Å²) >= 11 is 0. The van der Waals surface area contributed by atoms with E-state index < -0.39 is 4.92 Å². The number of non-ortho nitro benzene ring substituents is 1. The van der Waals surface area contributed by atoms with Crippen LogP contribution in [-0.2, 0) is 11.2 Å². The lowest BCUT2D eigenvalue weighted by Gasteiger charge is -2.20. The molecular formula is C27H27N3O3. The minimum absolute atomic E-state index is 0.0182. The molecule has 0 unspecified atom stereocenters. The fraction of sp³-hybridized carbons (Fsp3) is 0.222. The molecule has 0 bridgehead atoms. The van der Waals surface area contributed by atoms with Gasteiger partial charge >= 0.3 is 0 Å². The molecule has 33 heavy (non-hydrogen) atoms. The number of carbonyl (C=O) groups excluding carboxylic acids is 1. The maximum Gasteiger partial charge on any atom is 0.269 e. The molecule has 0 aliphatic rings. The zero-order valence-corrected chi connectivity index (χ0v) is 18.7. The molecule has 4 rings (SSSR count). The number of carbonyl (C=O) groups is 1. The van der Waals surface area contributed by atoms with Gasteiger partial charge in [0.15, 0.2) is 0 Å². The fourth-order valence-corrected chi connectivity index (χ4v) is 4.40. The average molecular weight is 442 g/mol. The Morgan fingerprint density at radius 2 is 1.76 bits per heavy atom. The molecule has 0 aliphatic heterocycles. The molecular weight excluding hydrogens is 414 g/mol. The summed E-state index contributed by atoms with van der Waals surface area (Å²) in [6, 6.07) is 22.4. The molecule has 2 atom stereocenters. The summed E-state index contributed by atoms with van der Waals surface area (Å²) in [5.41, 5.74) is 4.99. The maximum absolute atomic E-state index is 13.1. The molecule has 2 N–H and O–H groups in total. The summed E-state index contributed by atoms with van der Waals surface area (Å²) in [6.45, 7) is 4.06. The molecule has 3 aromatic carbocycles. The van der Waals surface area contributed by atoms with Crippen molar-refractivity contribution in [1.29, 1.82) is 0 Å². The molecule has 0 spiro atoms. The predicted molar refractivity (Wildman–Crippen MR) is 130 cm³/mol. The van der Waals surface area contributed by atoms with Crippen molar-refractivity contribution >= 4 is 22.5 Å². The largest absolute Gasteiger partial charge is 0.361 e. The summed E-state index contributed by atoms with van der Waals surface area (Å²) < 4.78 is 0. The van der Waals surface area contributed by atoms with Crippen molar-refractivity contribution in [2.45, 2.75) is 38.6 Å². The number of nitro benzene ring substituents is 1. The molecule has 0 saturated carbocycles. The highest BCUT2D eigenvalue weighted by Gasteiger charge is 2.24. The lowest BCUT2D eigenvalue weighted by Crippen LogP contribution is -2.28. The third-order valence-corrected chi connectivity index (χ3v) is 6.14. The summed E-state index contributed by atoms with van der Waals surface area (Å²) in [4.78, 5) is 27.5. The number of para-hydroxylation sites is 1. The number of nitrogens with zero attached hydrogens (tertiary/aromatic N) is 1. The van der Waals surface area contributed by atoms with E-state index in [0.29, 0.717) is 0 Å². The maximum atomic E-state index is 13.1. The van der Waals surface area contributed by atoms with Crippen LogP contribution < -0.4 is 5.32 Å². The topological polar surface area (TPSA) is 88.0 Å². The van der Waals surface area contributed by atoms with Crippen LogP contribution in [0.2, 0.25) is 0 Å². The first kappa shape index (κ1) is 22.3. The molecule has 4 aromatic rings. The van der Waals surface area contributed by atoms with Crippen LogP contribution in [0.25, 0.3) is 10.9 Å². The number of rotatable bonds is 8. The Labute approximate surface area is 192 Å². The Kier molecular flexibility index (Phi) is 6.54. The van der Waals surface area contributed by atoms with Crippen molar-refractivity contribution in [3.8, 4) is 0 Å². The van der Waals surface area contributed by atoms with Crippen LogP contribution in [-0.4, -0.2) is 15.8 Å². The monoisotopic (exact) mass is 441 g/mol. The van der Waals surface area contributed by atoms with Gasteiger partial charge in [-0.15, -0.1) is 0 Å². The number of benzene rings is 3. The summed E-state index contributed by atoms with van der Waals surface area (Å²) in [6.07, 6.45) is 3.00. The molecule has 1 amide bonds. The second-order valence-electron chi connectivity index (χ2n) is 8.25. The second kappa shape index (κ2) is 9.69. The Balaban J connectivity index is 1.70. The van der Waals surface area contributed by atoms with Gasteiger partial charge in [0, 0.05) is 41.6 Å². The van der Waals surface area contributed by atoms with Gasteiger partial charge < -0.3 is 10.3 Å². The lowest BCUT2D eigenvalue weighted by atomic mass is 9.87. The first-order chi connectivity index (χ1) is 16.0. The molecule has 1 heterocycles. The smallest absolute Gasteiger partial charge is 0.269 e. The van der Waals surface area contributed by atoms with E-state index in [1.165, 1.54) is 11.6 Å². The van der Waals surface area contributed by atoms with Gasteiger partial charge in [0.1, 0.15) is 0 Å². The molecule has 6 heteroatoms. The number of fused-ring (bicyclic) bond motifs is 1. The van der Waals surface area contributed by atoms with E-state index in [0.717, 1.165) is 34.0 Å². The van der Waals surface area contributed by atoms with Gasteiger partial charge in [0.25, 0.3) is 5.69 Å². The van der Waals surface area contributed by atoms with Gasteiger partial charge in [-0.05, 0) is 35.6 Å². The summed E-state index contributed by atoms with van der Waals surface area (Å²) in [5.74, 6) is -0.433. The van der Waals surface area contributed by atoms with Crippen molar-refractivity contribution < 1.29 is 9.72 Å². The highest BCUT2D eigenvalue weighted by Crippen LogP contribution is 2.36. The summed E-state index contributed by atoms with van der Waals surface area (Å²) in [5, 5.41) is 15.5.